The molecular formula is C13H20ClN5O3S. The minimum atomic E-state index is -0.509. The molecule has 2 rings (SSSR count). The molecule has 0 fully saturated rings. The van der Waals surface area contributed by atoms with Gasteiger partial charge in [0, 0.05) is 22.9 Å². The summed E-state index contributed by atoms with van der Waals surface area (Å²) in [4.78, 5) is 27.7. The maximum atomic E-state index is 11.8. The highest BCUT2D eigenvalue weighted by molar-refractivity contribution is 7.98. The molecule has 0 saturated heterocycles. The molecule has 0 bridgehead atoms. The van der Waals surface area contributed by atoms with E-state index in [-0.39, 0.29) is 18.4 Å². The van der Waals surface area contributed by atoms with Crippen LogP contribution in [0.15, 0.2) is 19.2 Å². The van der Waals surface area contributed by atoms with Crippen LogP contribution in [-0.4, -0.2) is 20.2 Å². The normalized spacial score (nSPS) is 13.4. The first kappa shape index (κ1) is 19.5. The minimum absolute atomic E-state index is 0. The van der Waals surface area contributed by atoms with Crippen molar-refractivity contribution < 1.29 is 22.6 Å². The minimum Gasteiger partial charge on any atom is -1.00 e. The molecule has 0 spiro atoms. The van der Waals surface area contributed by atoms with E-state index in [0.717, 1.165) is 6.42 Å². The van der Waals surface area contributed by atoms with Crippen molar-refractivity contribution in [1.29, 1.82) is 0 Å². The number of hydrogen-bond acceptors (Lipinski definition) is 6. The van der Waals surface area contributed by atoms with E-state index in [4.69, 9.17) is 4.42 Å². The lowest BCUT2D eigenvalue weighted by molar-refractivity contribution is -0.444. The smallest absolute Gasteiger partial charge is 0.325 e. The van der Waals surface area contributed by atoms with Crippen LogP contribution in [0.3, 0.4) is 0 Å². The molecule has 1 unspecified atom stereocenters. The lowest BCUT2D eigenvalue weighted by atomic mass is 10.0. The van der Waals surface area contributed by atoms with Gasteiger partial charge in [-0.3, -0.25) is 9.78 Å². The fourth-order valence-corrected chi connectivity index (χ4v) is 2.75. The van der Waals surface area contributed by atoms with Crippen molar-refractivity contribution in [3.8, 4) is 0 Å². The Morgan fingerprint density at radius 3 is 2.61 bits per heavy atom. The van der Waals surface area contributed by atoms with Crippen molar-refractivity contribution in [2.75, 3.05) is 0 Å². The summed E-state index contributed by atoms with van der Waals surface area (Å²) in [5, 5.41) is 8.37. The first-order valence-electron chi connectivity index (χ1n) is 7.03. The summed E-state index contributed by atoms with van der Waals surface area (Å²) >= 11 is 1.26. The van der Waals surface area contributed by atoms with Gasteiger partial charge < -0.3 is 27.5 Å². The molecule has 0 radical (unpaired) electrons. The van der Waals surface area contributed by atoms with E-state index < -0.39 is 11.2 Å². The molecule has 0 aliphatic heterocycles. The van der Waals surface area contributed by atoms with Crippen molar-refractivity contribution in [2.45, 2.75) is 44.2 Å². The number of aromatic amines is 2. The molecule has 0 aliphatic rings. The van der Waals surface area contributed by atoms with E-state index in [9.17, 15) is 9.59 Å². The molecule has 0 aliphatic carbocycles. The zero-order valence-corrected chi connectivity index (χ0v) is 14.8. The summed E-state index contributed by atoms with van der Waals surface area (Å²) in [7, 11) is 0. The summed E-state index contributed by atoms with van der Waals surface area (Å²) < 4.78 is 5.59. The third-order valence-corrected chi connectivity index (χ3v) is 4.51. The number of hydrogen-bond donors (Lipinski definition) is 3. The molecule has 2 heterocycles. The Labute approximate surface area is 143 Å². The van der Waals surface area contributed by atoms with Gasteiger partial charge in [0.2, 0.25) is 0 Å². The SMILES string of the molecule is CCC(C)[C@H]([NH3+])c1nnc(SCc2c(C)[nH]c(=O)[nH]c2=O)o1.[Cl-]. The monoisotopic (exact) mass is 361 g/mol. The zero-order valence-electron chi connectivity index (χ0n) is 13.2. The van der Waals surface area contributed by atoms with Crippen molar-refractivity contribution in [1.82, 2.24) is 20.2 Å². The molecule has 23 heavy (non-hydrogen) atoms. The Bertz CT molecular complexity index is 757. The highest BCUT2D eigenvalue weighted by Gasteiger charge is 2.23. The summed E-state index contributed by atoms with van der Waals surface area (Å²) in [6, 6.07) is -0.0509. The Hall–Kier alpha value is -1.58. The molecule has 2 atom stereocenters. The molecule has 0 saturated carbocycles. The van der Waals surface area contributed by atoms with Crippen LogP contribution in [0, 0.1) is 12.8 Å². The molecule has 2 aromatic heterocycles. The molecule has 128 valence electrons. The van der Waals surface area contributed by atoms with Gasteiger partial charge in [-0.15, -0.1) is 10.2 Å². The predicted molar refractivity (Wildman–Crippen MR) is 81.4 cm³/mol. The molecule has 2 aromatic rings. The lowest BCUT2D eigenvalue weighted by Gasteiger charge is -2.09. The van der Waals surface area contributed by atoms with Crippen LogP contribution >= 0.6 is 11.8 Å². The van der Waals surface area contributed by atoms with E-state index in [1.165, 1.54) is 11.8 Å². The Morgan fingerprint density at radius 1 is 1.30 bits per heavy atom. The van der Waals surface area contributed by atoms with Gasteiger partial charge in [-0.25, -0.2) is 4.79 Å². The molecule has 0 aromatic carbocycles. The average molecular weight is 362 g/mol. The summed E-state index contributed by atoms with van der Waals surface area (Å²) in [6.45, 7) is 5.85. The second-order valence-electron chi connectivity index (χ2n) is 5.20. The zero-order chi connectivity index (χ0) is 16.3. The van der Waals surface area contributed by atoms with E-state index >= 15 is 0 Å². The van der Waals surface area contributed by atoms with Crippen LogP contribution in [0.4, 0.5) is 0 Å². The summed E-state index contributed by atoms with van der Waals surface area (Å²) in [5.74, 6) is 1.19. The van der Waals surface area contributed by atoms with Crippen LogP contribution in [0.1, 0.15) is 43.5 Å². The first-order valence-corrected chi connectivity index (χ1v) is 8.02. The number of quaternary nitrogens is 1. The lowest BCUT2D eigenvalue weighted by Crippen LogP contribution is -3.00. The largest absolute Gasteiger partial charge is 1.00 e. The van der Waals surface area contributed by atoms with Crippen molar-refractivity contribution in [2.24, 2.45) is 5.92 Å². The van der Waals surface area contributed by atoms with E-state index in [2.05, 4.69) is 39.7 Å². The number of aromatic nitrogens is 4. The number of aryl methyl sites for hydroxylation is 1. The fourth-order valence-electron chi connectivity index (χ4n) is 1.89. The quantitative estimate of drug-likeness (QED) is 0.482. The van der Waals surface area contributed by atoms with Crippen LogP contribution in [0.25, 0.3) is 0 Å². The number of H-pyrrole nitrogens is 2. The Morgan fingerprint density at radius 2 is 2.00 bits per heavy atom. The fraction of sp³-hybridized carbons (Fsp3) is 0.538. The van der Waals surface area contributed by atoms with E-state index in [1.54, 1.807) is 6.92 Å². The first-order chi connectivity index (χ1) is 10.4. The van der Waals surface area contributed by atoms with Gasteiger partial charge in [-0.2, -0.15) is 0 Å². The highest BCUT2D eigenvalue weighted by Crippen LogP contribution is 2.24. The maximum Gasteiger partial charge on any atom is 0.325 e. The maximum absolute atomic E-state index is 11.8. The van der Waals surface area contributed by atoms with Gasteiger partial charge in [-0.05, 0) is 13.3 Å². The van der Waals surface area contributed by atoms with E-state index in [0.29, 0.717) is 34.0 Å². The Kier molecular flexibility index (Phi) is 7.04. The topological polar surface area (TPSA) is 132 Å². The van der Waals surface area contributed by atoms with Crippen LogP contribution < -0.4 is 29.4 Å². The van der Waals surface area contributed by atoms with Gasteiger partial charge in [0.15, 0.2) is 6.04 Å². The number of halogens is 1. The molecule has 0 amide bonds. The molecule has 10 heteroatoms. The third kappa shape index (κ3) is 4.69. The summed E-state index contributed by atoms with van der Waals surface area (Å²) in [5.41, 5.74) is 4.16. The van der Waals surface area contributed by atoms with E-state index in [1.807, 2.05) is 0 Å². The number of nitrogens with one attached hydrogen (secondary N) is 2. The molecule has 8 nitrogen and oxygen atoms in total. The number of thioether (sulfide) groups is 1. The third-order valence-electron chi connectivity index (χ3n) is 3.66. The average Bonchev–Trinajstić information content (AvgIpc) is 2.93. The van der Waals surface area contributed by atoms with Crippen molar-refractivity contribution >= 4 is 11.8 Å². The number of rotatable bonds is 6. The second-order valence-corrected chi connectivity index (χ2v) is 6.13. The van der Waals surface area contributed by atoms with Gasteiger partial charge >= 0.3 is 5.69 Å². The molecular weight excluding hydrogens is 342 g/mol. The predicted octanol–water partition coefficient (Wildman–Crippen LogP) is -2.62. The van der Waals surface area contributed by atoms with Gasteiger partial charge in [0.05, 0.1) is 0 Å². The number of nitrogens with zero attached hydrogens (tertiary/aromatic N) is 2. The van der Waals surface area contributed by atoms with Crippen LogP contribution in [-0.2, 0) is 5.75 Å². The summed E-state index contributed by atoms with van der Waals surface area (Å²) in [6.07, 6.45) is 0.977. The van der Waals surface area contributed by atoms with Gasteiger partial charge in [-0.1, -0.05) is 25.6 Å². The van der Waals surface area contributed by atoms with Crippen LogP contribution in [0.5, 0.6) is 0 Å². The second kappa shape index (κ2) is 8.32. The Balaban J connectivity index is 0.00000264. The molecule has 5 N–H and O–H groups in total. The van der Waals surface area contributed by atoms with Gasteiger partial charge in [0.25, 0.3) is 16.7 Å². The van der Waals surface area contributed by atoms with Crippen molar-refractivity contribution in [3.63, 3.8) is 0 Å². The van der Waals surface area contributed by atoms with Crippen LogP contribution in [0.2, 0.25) is 0 Å². The highest BCUT2D eigenvalue weighted by atomic mass is 35.5. The van der Waals surface area contributed by atoms with Gasteiger partial charge in [0.1, 0.15) is 0 Å². The van der Waals surface area contributed by atoms with Crippen molar-refractivity contribution in [3.05, 3.63) is 38.0 Å². The standard InChI is InChI=1S/C13H19N5O3S.ClH/c1-4-6(2)9(14)11-17-18-13(21-11)22-5-8-7(3)15-12(20)16-10(8)19;/h6,9H,4-5,14H2,1-3H3,(H2,15,16,19,20);1H/t6?,9-;/m0./s1.